The third-order valence-electron chi connectivity index (χ3n) is 6.27. The van der Waals surface area contributed by atoms with Gasteiger partial charge < -0.3 is 20.8 Å². The number of benzene rings is 1. The Kier molecular flexibility index (Phi) is 6.51. The van der Waals surface area contributed by atoms with Crippen molar-refractivity contribution in [3.63, 3.8) is 0 Å². The summed E-state index contributed by atoms with van der Waals surface area (Å²) in [6, 6.07) is 4.50. The zero-order valence-corrected chi connectivity index (χ0v) is 19.9. The summed E-state index contributed by atoms with van der Waals surface area (Å²) in [7, 11) is 0. The van der Waals surface area contributed by atoms with Crippen LogP contribution in [0.25, 0.3) is 11.2 Å². The fourth-order valence-corrected chi connectivity index (χ4v) is 5.21. The van der Waals surface area contributed by atoms with E-state index in [0.717, 1.165) is 30.7 Å². The molecule has 4 N–H and O–H groups in total. The van der Waals surface area contributed by atoms with Gasteiger partial charge in [-0.1, -0.05) is 17.3 Å². The van der Waals surface area contributed by atoms with Crippen molar-refractivity contribution in [1.29, 1.82) is 0 Å². The Hall–Kier alpha value is -2.97. The van der Waals surface area contributed by atoms with Crippen molar-refractivity contribution in [1.82, 2.24) is 30.3 Å². The second-order valence-corrected chi connectivity index (χ2v) is 9.87. The van der Waals surface area contributed by atoms with Crippen LogP contribution in [-0.2, 0) is 11.0 Å². The molecule has 3 aromatic rings. The summed E-state index contributed by atoms with van der Waals surface area (Å²) < 4.78 is 42.0. The molecule has 2 aromatic heterocycles. The van der Waals surface area contributed by atoms with E-state index in [9.17, 15) is 28.2 Å². The number of aromatic nitrogens is 5. The first-order valence-electron chi connectivity index (χ1n) is 11.5. The van der Waals surface area contributed by atoms with E-state index in [2.05, 4.69) is 30.9 Å². The SMILES string of the molecule is CCNC(=O)[C@H]1C[C@@H](n2nnc3c(NC4CC4)nc(Sc4ccccc4C(F)(F)F)nc32)[C@H](O)[C@@H]1O. The van der Waals surface area contributed by atoms with E-state index in [4.69, 9.17) is 0 Å². The summed E-state index contributed by atoms with van der Waals surface area (Å²) in [4.78, 5) is 21.2. The van der Waals surface area contributed by atoms with Gasteiger partial charge in [-0.3, -0.25) is 4.79 Å². The van der Waals surface area contributed by atoms with Crippen molar-refractivity contribution in [2.24, 2.45) is 5.92 Å². The Balaban J connectivity index is 1.54. The average molecular weight is 524 g/mol. The topological polar surface area (TPSA) is 138 Å². The summed E-state index contributed by atoms with van der Waals surface area (Å²) in [5.74, 6) is -0.918. The lowest BCUT2D eigenvalue weighted by atomic mass is 10.0. The molecule has 10 nitrogen and oxygen atoms in total. The number of carbonyl (C=O) groups is 1. The Labute approximate surface area is 207 Å². The van der Waals surface area contributed by atoms with Crippen LogP contribution in [0.2, 0.25) is 0 Å². The smallest absolute Gasteiger partial charge is 0.390 e. The van der Waals surface area contributed by atoms with Gasteiger partial charge >= 0.3 is 6.18 Å². The molecule has 14 heteroatoms. The minimum Gasteiger partial charge on any atom is -0.390 e. The number of carbonyl (C=O) groups excluding carboxylic acids is 1. The number of alkyl halides is 3. The van der Waals surface area contributed by atoms with Gasteiger partial charge in [0.2, 0.25) is 5.91 Å². The largest absolute Gasteiger partial charge is 0.417 e. The van der Waals surface area contributed by atoms with Crippen LogP contribution in [0.4, 0.5) is 19.0 Å². The summed E-state index contributed by atoms with van der Waals surface area (Å²) in [5.41, 5.74) is -0.326. The molecule has 0 unspecified atom stereocenters. The first kappa shape index (κ1) is 24.7. The van der Waals surface area contributed by atoms with Crippen molar-refractivity contribution in [3.05, 3.63) is 29.8 Å². The van der Waals surface area contributed by atoms with Crippen LogP contribution in [-0.4, -0.2) is 65.9 Å². The fourth-order valence-electron chi connectivity index (χ4n) is 4.31. The van der Waals surface area contributed by atoms with Crippen LogP contribution in [0, 0.1) is 5.92 Å². The molecule has 1 amide bonds. The van der Waals surface area contributed by atoms with Crippen LogP contribution in [0.1, 0.15) is 37.8 Å². The predicted octanol–water partition coefficient (Wildman–Crippen LogP) is 2.38. The molecule has 2 heterocycles. The number of hydrogen-bond acceptors (Lipinski definition) is 9. The van der Waals surface area contributed by atoms with Gasteiger partial charge in [-0.05, 0) is 50.1 Å². The molecule has 2 saturated carbocycles. The molecule has 192 valence electrons. The highest BCUT2D eigenvalue weighted by atomic mass is 32.2. The van der Waals surface area contributed by atoms with Crippen LogP contribution >= 0.6 is 11.8 Å². The third-order valence-corrected chi connectivity index (χ3v) is 7.21. The molecule has 0 radical (unpaired) electrons. The molecule has 1 aromatic carbocycles. The van der Waals surface area contributed by atoms with Gasteiger partial charge in [0, 0.05) is 17.5 Å². The fraction of sp³-hybridized carbons (Fsp3) is 0.500. The quantitative estimate of drug-likeness (QED) is 0.344. The number of aliphatic hydroxyl groups excluding tert-OH is 2. The number of nitrogens with one attached hydrogen (secondary N) is 2. The van der Waals surface area contributed by atoms with E-state index in [-0.39, 0.29) is 34.1 Å². The maximum atomic E-state index is 13.5. The van der Waals surface area contributed by atoms with Gasteiger partial charge in [-0.25, -0.2) is 14.6 Å². The number of rotatable bonds is 7. The van der Waals surface area contributed by atoms with Crippen molar-refractivity contribution < 1.29 is 28.2 Å². The maximum Gasteiger partial charge on any atom is 0.417 e. The molecule has 0 saturated heterocycles. The lowest BCUT2D eigenvalue weighted by Crippen LogP contribution is -2.38. The van der Waals surface area contributed by atoms with Crippen molar-refractivity contribution in [2.75, 3.05) is 11.9 Å². The number of aliphatic hydroxyl groups is 2. The zero-order chi connectivity index (χ0) is 25.6. The summed E-state index contributed by atoms with van der Waals surface area (Å²) in [6.45, 7) is 2.12. The first-order valence-corrected chi connectivity index (χ1v) is 12.4. The van der Waals surface area contributed by atoms with Gasteiger partial charge in [0.15, 0.2) is 22.1 Å². The van der Waals surface area contributed by atoms with E-state index in [1.54, 1.807) is 6.92 Å². The van der Waals surface area contributed by atoms with Crippen LogP contribution in [0.15, 0.2) is 34.3 Å². The van der Waals surface area contributed by atoms with E-state index >= 15 is 0 Å². The maximum absolute atomic E-state index is 13.5. The molecular formula is C22H24F3N7O3S. The molecule has 0 bridgehead atoms. The standard InChI is InChI=1S/C22H24F3N7O3S/c1-2-26-20(35)11-9-13(17(34)16(11)33)32-19-15(30-31-32)18(27-10-7-8-10)28-21(29-19)36-14-6-4-3-5-12(14)22(23,24)25/h3-6,10-11,13,16-17,33-34H,2,7-9H2,1H3,(H,26,35)(H,27,28,29)/t11-,13+,16+,17-/m0/s1. The number of nitrogens with zero attached hydrogens (tertiary/aromatic N) is 5. The molecule has 2 aliphatic carbocycles. The summed E-state index contributed by atoms with van der Waals surface area (Å²) in [6.07, 6.45) is -5.27. The molecule has 0 spiro atoms. The van der Waals surface area contributed by atoms with Gasteiger partial charge in [0.05, 0.1) is 23.6 Å². The highest BCUT2D eigenvalue weighted by Gasteiger charge is 2.47. The molecule has 5 rings (SSSR count). The van der Waals surface area contributed by atoms with Gasteiger partial charge in [0.1, 0.15) is 6.10 Å². The van der Waals surface area contributed by atoms with E-state index in [0.29, 0.717) is 17.9 Å². The average Bonchev–Trinajstić information content (AvgIpc) is 3.47. The van der Waals surface area contributed by atoms with Gasteiger partial charge in [-0.2, -0.15) is 13.2 Å². The Bertz CT molecular complexity index is 1280. The Morgan fingerprint density at radius 2 is 1.94 bits per heavy atom. The lowest BCUT2D eigenvalue weighted by Gasteiger charge is -2.17. The van der Waals surface area contributed by atoms with Crippen LogP contribution in [0.3, 0.4) is 0 Å². The van der Waals surface area contributed by atoms with Crippen molar-refractivity contribution >= 4 is 34.7 Å². The highest BCUT2D eigenvalue weighted by molar-refractivity contribution is 7.99. The number of anilines is 1. The minimum absolute atomic E-state index is 0.0409. The predicted molar refractivity (Wildman–Crippen MR) is 123 cm³/mol. The first-order chi connectivity index (χ1) is 17.2. The summed E-state index contributed by atoms with van der Waals surface area (Å²) in [5, 5.41) is 35.4. The number of hydrogen-bond donors (Lipinski definition) is 4. The molecule has 2 aliphatic rings. The van der Waals surface area contributed by atoms with E-state index in [1.165, 1.54) is 22.9 Å². The second-order valence-electron chi connectivity index (χ2n) is 8.86. The minimum atomic E-state index is -4.55. The monoisotopic (exact) mass is 523 g/mol. The van der Waals surface area contributed by atoms with Crippen molar-refractivity contribution in [2.45, 2.75) is 66.7 Å². The molecule has 4 atom stereocenters. The third kappa shape index (κ3) is 4.72. The van der Waals surface area contributed by atoms with Gasteiger partial charge in [0.25, 0.3) is 0 Å². The summed E-state index contributed by atoms with van der Waals surface area (Å²) >= 11 is 0.759. The Morgan fingerprint density at radius 3 is 2.64 bits per heavy atom. The normalized spacial score (nSPS) is 24.3. The Morgan fingerprint density at radius 1 is 1.19 bits per heavy atom. The molecular weight excluding hydrogens is 499 g/mol. The lowest BCUT2D eigenvalue weighted by molar-refractivity contribution is -0.139. The van der Waals surface area contributed by atoms with Gasteiger partial charge in [-0.15, -0.1) is 5.10 Å². The van der Waals surface area contributed by atoms with Crippen LogP contribution in [0.5, 0.6) is 0 Å². The molecule has 36 heavy (non-hydrogen) atoms. The van der Waals surface area contributed by atoms with Crippen LogP contribution < -0.4 is 10.6 Å². The number of halogens is 3. The van der Waals surface area contributed by atoms with Crippen molar-refractivity contribution in [3.8, 4) is 0 Å². The number of fused-ring (bicyclic) bond motifs is 1. The second kappa shape index (κ2) is 9.48. The van der Waals surface area contributed by atoms with E-state index in [1.807, 2.05) is 0 Å². The molecule has 2 fully saturated rings. The molecule has 0 aliphatic heterocycles. The number of amides is 1. The zero-order valence-electron chi connectivity index (χ0n) is 19.1. The highest BCUT2D eigenvalue weighted by Crippen LogP contribution is 2.41. The van der Waals surface area contributed by atoms with E-state index < -0.39 is 35.9 Å².